The van der Waals surface area contributed by atoms with Crippen molar-refractivity contribution in [1.29, 1.82) is 0 Å². The number of aromatic carboxylic acids is 1. The summed E-state index contributed by atoms with van der Waals surface area (Å²) in [6.07, 6.45) is 2.78. The Labute approximate surface area is 129 Å². The van der Waals surface area contributed by atoms with Gasteiger partial charge >= 0.3 is 5.97 Å². The molecular formula is C14H21NO4S2. The predicted octanol–water partition coefficient (Wildman–Crippen LogP) is 2.89. The summed E-state index contributed by atoms with van der Waals surface area (Å²) in [6.45, 7) is 5.39. The van der Waals surface area contributed by atoms with E-state index in [0.29, 0.717) is 24.9 Å². The summed E-state index contributed by atoms with van der Waals surface area (Å²) in [7, 11) is -3.56. The van der Waals surface area contributed by atoms with Crippen LogP contribution < -0.4 is 0 Å². The van der Waals surface area contributed by atoms with Gasteiger partial charge in [0.25, 0.3) is 10.0 Å². The van der Waals surface area contributed by atoms with Gasteiger partial charge in [0, 0.05) is 18.5 Å². The van der Waals surface area contributed by atoms with Gasteiger partial charge in [-0.05, 0) is 37.2 Å². The number of hydrogen-bond acceptors (Lipinski definition) is 4. The van der Waals surface area contributed by atoms with Crippen LogP contribution in [0.4, 0.5) is 0 Å². The maximum Gasteiger partial charge on any atom is 0.336 e. The van der Waals surface area contributed by atoms with Gasteiger partial charge in [-0.2, -0.15) is 4.31 Å². The largest absolute Gasteiger partial charge is 0.478 e. The first kappa shape index (κ1) is 16.5. The molecule has 1 saturated heterocycles. The Morgan fingerprint density at radius 1 is 1.38 bits per heavy atom. The lowest BCUT2D eigenvalue weighted by molar-refractivity contribution is 0.0697. The quantitative estimate of drug-likeness (QED) is 0.920. The van der Waals surface area contributed by atoms with Crippen molar-refractivity contribution in [2.75, 3.05) is 13.1 Å². The zero-order valence-corrected chi connectivity index (χ0v) is 13.9. The van der Waals surface area contributed by atoms with E-state index in [-0.39, 0.29) is 9.77 Å². The van der Waals surface area contributed by atoms with Gasteiger partial charge in [-0.3, -0.25) is 0 Å². The Kier molecular flexibility index (Phi) is 5.06. The van der Waals surface area contributed by atoms with E-state index in [0.717, 1.165) is 30.6 Å². The van der Waals surface area contributed by atoms with Crippen molar-refractivity contribution in [3.8, 4) is 0 Å². The van der Waals surface area contributed by atoms with Crippen LogP contribution in [0, 0.1) is 11.8 Å². The van der Waals surface area contributed by atoms with E-state index in [4.69, 9.17) is 5.11 Å². The van der Waals surface area contributed by atoms with Crippen molar-refractivity contribution in [2.24, 2.45) is 11.8 Å². The van der Waals surface area contributed by atoms with E-state index >= 15 is 0 Å². The Balaban J connectivity index is 2.17. The monoisotopic (exact) mass is 331 g/mol. The zero-order chi connectivity index (χ0) is 15.6. The summed E-state index contributed by atoms with van der Waals surface area (Å²) in [5.41, 5.74) is 0.0356. The normalized spacial score (nSPS) is 21.4. The number of sulfonamides is 1. The maximum atomic E-state index is 12.6. The van der Waals surface area contributed by atoms with E-state index in [1.807, 2.05) is 0 Å². The molecule has 0 amide bonds. The Hall–Kier alpha value is -0.920. The first-order valence-corrected chi connectivity index (χ1v) is 9.46. The molecule has 5 nitrogen and oxygen atoms in total. The molecule has 1 aromatic heterocycles. The maximum absolute atomic E-state index is 12.6. The zero-order valence-electron chi connectivity index (χ0n) is 12.3. The van der Waals surface area contributed by atoms with Crippen molar-refractivity contribution in [1.82, 2.24) is 4.31 Å². The van der Waals surface area contributed by atoms with Crippen molar-refractivity contribution >= 4 is 27.3 Å². The number of hydrogen-bond donors (Lipinski definition) is 1. The van der Waals surface area contributed by atoms with Crippen LogP contribution in [0.15, 0.2) is 15.7 Å². The lowest BCUT2D eigenvalue weighted by Gasteiger charge is -2.20. The smallest absolute Gasteiger partial charge is 0.336 e. The molecule has 0 aliphatic carbocycles. The molecule has 1 N–H and O–H groups in total. The summed E-state index contributed by atoms with van der Waals surface area (Å²) >= 11 is 0.982. The molecule has 2 heterocycles. The fourth-order valence-corrected chi connectivity index (χ4v) is 5.49. The van der Waals surface area contributed by atoms with Crippen LogP contribution in [0.3, 0.4) is 0 Å². The van der Waals surface area contributed by atoms with Crippen LogP contribution in [0.25, 0.3) is 0 Å². The third-order valence-corrected chi connectivity index (χ3v) is 7.40. The average molecular weight is 331 g/mol. The molecule has 1 atom stereocenters. The first-order valence-electron chi connectivity index (χ1n) is 7.14. The summed E-state index contributed by atoms with van der Waals surface area (Å²) in [4.78, 5) is 10.9. The fraction of sp³-hybridized carbons (Fsp3) is 0.643. The van der Waals surface area contributed by atoms with Crippen molar-refractivity contribution in [3.63, 3.8) is 0 Å². The van der Waals surface area contributed by atoms with Crippen LogP contribution in [-0.2, 0) is 10.0 Å². The molecule has 0 saturated carbocycles. The third kappa shape index (κ3) is 3.64. The fourth-order valence-electron chi connectivity index (χ4n) is 2.69. The lowest BCUT2D eigenvalue weighted by atomic mass is 9.89. The molecule has 0 spiro atoms. The van der Waals surface area contributed by atoms with E-state index in [2.05, 4.69) is 13.8 Å². The summed E-state index contributed by atoms with van der Waals surface area (Å²) in [5.74, 6) is 0.0274. The molecule has 21 heavy (non-hydrogen) atoms. The summed E-state index contributed by atoms with van der Waals surface area (Å²) in [5, 5.41) is 10.3. The number of carbonyl (C=O) groups is 1. The molecule has 1 aromatic rings. The minimum atomic E-state index is -3.56. The van der Waals surface area contributed by atoms with E-state index < -0.39 is 16.0 Å². The van der Waals surface area contributed by atoms with Gasteiger partial charge in [-0.1, -0.05) is 13.8 Å². The number of carboxylic acid groups (broad SMARTS) is 1. The van der Waals surface area contributed by atoms with Gasteiger partial charge < -0.3 is 5.11 Å². The molecule has 0 bridgehead atoms. The van der Waals surface area contributed by atoms with Crippen LogP contribution in [-0.4, -0.2) is 36.9 Å². The van der Waals surface area contributed by atoms with Crippen LogP contribution in [0.5, 0.6) is 0 Å². The van der Waals surface area contributed by atoms with Crippen LogP contribution in [0.1, 0.15) is 43.5 Å². The topological polar surface area (TPSA) is 74.7 Å². The molecule has 7 heteroatoms. The molecule has 118 valence electrons. The van der Waals surface area contributed by atoms with Gasteiger partial charge in [0.05, 0.1) is 5.56 Å². The molecule has 0 aromatic carbocycles. The van der Waals surface area contributed by atoms with Crippen molar-refractivity contribution in [3.05, 3.63) is 17.0 Å². The van der Waals surface area contributed by atoms with Crippen LogP contribution in [0.2, 0.25) is 0 Å². The van der Waals surface area contributed by atoms with Crippen molar-refractivity contribution in [2.45, 2.75) is 37.3 Å². The minimum Gasteiger partial charge on any atom is -0.478 e. The molecule has 1 fully saturated rings. The standard InChI is InChI=1S/C14H21NO4S2/c1-10(2)11-4-3-6-15(7-5-11)21(18,19)13-8-12(9-20-13)14(16)17/h8-11H,3-7H2,1-2H3,(H,16,17). The highest BCUT2D eigenvalue weighted by Crippen LogP contribution is 2.29. The number of thiophene rings is 1. The van der Waals surface area contributed by atoms with Gasteiger partial charge in [-0.25, -0.2) is 13.2 Å². The summed E-state index contributed by atoms with van der Waals surface area (Å²) < 4.78 is 26.8. The molecular weight excluding hydrogens is 310 g/mol. The Morgan fingerprint density at radius 3 is 2.67 bits per heavy atom. The minimum absolute atomic E-state index is 0.0356. The van der Waals surface area contributed by atoms with E-state index in [1.54, 1.807) is 0 Å². The molecule has 1 aliphatic rings. The Morgan fingerprint density at radius 2 is 2.10 bits per heavy atom. The lowest BCUT2D eigenvalue weighted by Crippen LogP contribution is -2.31. The highest BCUT2D eigenvalue weighted by Gasteiger charge is 2.30. The third-order valence-electron chi connectivity index (χ3n) is 4.09. The number of carboxylic acids is 1. The highest BCUT2D eigenvalue weighted by atomic mass is 32.2. The predicted molar refractivity (Wildman–Crippen MR) is 82.2 cm³/mol. The number of rotatable bonds is 4. The van der Waals surface area contributed by atoms with E-state index in [9.17, 15) is 13.2 Å². The highest BCUT2D eigenvalue weighted by molar-refractivity contribution is 7.91. The summed E-state index contributed by atoms with van der Waals surface area (Å²) in [6, 6.07) is 1.26. The number of nitrogens with zero attached hydrogens (tertiary/aromatic N) is 1. The van der Waals surface area contributed by atoms with Crippen LogP contribution >= 0.6 is 11.3 Å². The van der Waals surface area contributed by atoms with E-state index in [1.165, 1.54) is 15.8 Å². The molecule has 2 rings (SSSR count). The second kappa shape index (κ2) is 6.46. The average Bonchev–Trinajstić information content (AvgIpc) is 2.77. The van der Waals surface area contributed by atoms with Gasteiger partial charge in [0.15, 0.2) is 0 Å². The second-order valence-corrected chi connectivity index (χ2v) is 8.87. The first-order chi connectivity index (χ1) is 9.82. The molecule has 1 unspecified atom stereocenters. The van der Waals surface area contributed by atoms with Crippen molar-refractivity contribution < 1.29 is 18.3 Å². The molecule has 0 radical (unpaired) electrons. The van der Waals surface area contributed by atoms with Gasteiger partial charge in [-0.15, -0.1) is 11.3 Å². The van der Waals surface area contributed by atoms with Gasteiger partial charge in [0.2, 0.25) is 0 Å². The Bertz CT molecular complexity index is 606. The molecule has 1 aliphatic heterocycles. The second-order valence-electron chi connectivity index (χ2n) is 5.80. The SMILES string of the molecule is CC(C)C1CCCN(S(=O)(=O)c2cc(C(=O)O)cs2)CC1. The van der Waals surface area contributed by atoms with Gasteiger partial charge in [0.1, 0.15) is 4.21 Å².